The number of hydrogen-bond acceptors (Lipinski definition) is 7. The second-order valence-corrected chi connectivity index (χ2v) is 12.9. The highest BCUT2D eigenvalue weighted by atomic mass is 16.5. The number of nitrogens with two attached hydrogens (primary N) is 1. The summed E-state index contributed by atoms with van der Waals surface area (Å²) in [6.45, 7) is 6.84. The van der Waals surface area contributed by atoms with E-state index in [1.54, 1.807) is 0 Å². The third kappa shape index (κ3) is 7.08. The van der Waals surface area contributed by atoms with Crippen LogP contribution in [0.15, 0.2) is 91.1 Å². The second kappa shape index (κ2) is 14.4. The molecular weight excluding hydrogens is 604 g/mol. The number of nitrogen functional groups attached to an aromatic ring is 1. The number of likely N-dealkylation sites (N-methyl/N-ethyl adjacent to an activating group) is 1. The van der Waals surface area contributed by atoms with E-state index in [-0.39, 0.29) is 23.9 Å². The first-order chi connectivity index (χ1) is 23.2. The molecule has 2 amide bonds. The second-order valence-electron chi connectivity index (χ2n) is 12.9. The maximum absolute atomic E-state index is 13.1. The molecule has 2 saturated heterocycles. The minimum atomic E-state index is -1.14. The molecule has 1 aromatic heterocycles. The third-order valence-electron chi connectivity index (χ3n) is 9.47. The molecule has 2 aliphatic rings. The van der Waals surface area contributed by atoms with Crippen LogP contribution in [-0.2, 0) is 9.53 Å². The Morgan fingerprint density at radius 2 is 1.46 bits per heavy atom. The SMILES string of the molecule is CC(C)[C@@H](C(=O)Nc1ccc(C2CCC(c3ccc(N)cc3)N2c2ccc(-c3ccc(N4CCOCC4)nc3)cc2)cc1)N(C)C(=O)O. The average Bonchev–Trinajstić information content (AvgIpc) is 3.54. The highest BCUT2D eigenvalue weighted by molar-refractivity contribution is 5.96. The summed E-state index contributed by atoms with van der Waals surface area (Å²) < 4.78 is 5.48. The summed E-state index contributed by atoms with van der Waals surface area (Å²) in [5.74, 6) is 0.446. The molecule has 2 aliphatic heterocycles. The minimum absolute atomic E-state index is 0.110. The lowest BCUT2D eigenvalue weighted by molar-refractivity contribution is -0.121. The molecule has 48 heavy (non-hydrogen) atoms. The lowest BCUT2D eigenvalue weighted by atomic mass is 10.0. The van der Waals surface area contributed by atoms with Gasteiger partial charge in [0, 0.05) is 49.0 Å². The Balaban J connectivity index is 1.23. The maximum atomic E-state index is 13.1. The number of amides is 2. The maximum Gasteiger partial charge on any atom is 0.407 e. The molecular formula is C38H44N6O4. The van der Waals surface area contributed by atoms with Crippen LogP contribution in [0.5, 0.6) is 0 Å². The van der Waals surface area contributed by atoms with Crippen LogP contribution in [0.4, 0.5) is 27.7 Å². The van der Waals surface area contributed by atoms with Crippen molar-refractivity contribution in [2.24, 2.45) is 5.92 Å². The molecule has 0 bridgehead atoms. The Kier molecular flexibility index (Phi) is 9.82. The molecule has 0 radical (unpaired) electrons. The van der Waals surface area contributed by atoms with Gasteiger partial charge in [-0.1, -0.05) is 50.2 Å². The highest BCUT2D eigenvalue weighted by Crippen LogP contribution is 2.47. The van der Waals surface area contributed by atoms with Gasteiger partial charge in [0.05, 0.1) is 25.3 Å². The summed E-state index contributed by atoms with van der Waals surface area (Å²) in [6.07, 6.45) is 2.73. The summed E-state index contributed by atoms with van der Waals surface area (Å²) in [4.78, 5) is 35.2. The molecule has 4 N–H and O–H groups in total. The number of nitrogens with one attached hydrogen (secondary N) is 1. The number of hydrogen-bond donors (Lipinski definition) is 3. The number of rotatable bonds is 9. The van der Waals surface area contributed by atoms with Gasteiger partial charge in [0.25, 0.3) is 0 Å². The van der Waals surface area contributed by atoms with E-state index < -0.39 is 12.1 Å². The highest BCUT2D eigenvalue weighted by Gasteiger charge is 2.36. The number of morpholine rings is 1. The van der Waals surface area contributed by atoms with Crippen molar-refractivity contribution in [2.75, 3.05) is 54.2 Å². The van der Waals surface area contributed by atoms with Gasteiger partial charge in [-0.25, -0.2) is 9.78 Å². The fourth-order valence-corrected chi connectivity index (χ4v) is 6.96. The van der Waals surface area contributed by atoms with E-state index >= 15 is 0 Å². The van der Waals surface area contributed by atoms with Crippen molar-refractivity contribution in [1.29, 1.82) is 0 Å². The summed E-state index contributed by atoms with van der Waals surface area (Å²) in [5.41, 5.74) is 13.1. The number of carbonyl (C=O) groups excluding carboxylic acids is 1. The number of ether oxygens (including phenoxy) is 1. The number of carboxylic acid groups (broad SMARTS) is 1. The van der Waals surface area contributed by atoms with Crippen LogP contribution in [0.1, 0.15) is 49.9 Å². The van der Waals surface area contributed by atoms with Crippen molar-refractivity contribution in [1.82, 2.24) is 9.88 Å². The molecule has 0 spiro atoms. The standard InChI is InChI=1S/C38H44N6O4/c1-25(2)36(42(3)38(46)47)37(45)41-31-13-6-28(7-14-31)34-18-17-33(27-4-11-30(39)12-5-27)44(34)32-15-8-26(9-16-32)29-10-19-35(40-24-29)43-20-22-48-23-21-43/h4-16,19,24-25,33-34,36H,17-18,20-23,39H2,1-3H3,(H,41,45)(H,46,47)/t33?,34?,36-/m0/s1. The van der Waals surface area contributed by atoms with E-state index in [1.807, 2.05) is 44.3 Å². The Morgan fingerprint density at radius 3 is 2.00 bits per heavy atom. The van der Waals surface area contributed by atoms with Crippen LogP contribution in [-0.4, -0.2) is 66.4 Å². The Morgan fingerprint density at radius 1 is 0.875 bits per heavy atom. The molecule has 0 saturated carbocycles. The van der Waals surface area contributed by atoms with Gasteiger partial charge in [-0.15, -0.1) is 0 Å². The zero-order valence-electron chi connectivity index (χ0n) is 27.8. The van der Waals surface area contributed by atoms with Crippen molar-refractivity contribution in [2.45, 2.75) is 44.8 Å². The Bertz CT molecular complexity index is 1690. The Hall–Kier alpha value is -5.09. The Labute approximate surface area is 282 Å². The van der Waals surface area contributed by atoms with Crippen LogP contribution in [0.25, 0.3) is 11.1 Å². The van der Waals surface area contributed by atoms with Crippen LogP contribution in [0, 0.1) is 5.92 Å². The molecule has 3 aromatic carbocycles. The zero-order chi connectivity index (χ0) is 33.8. The number of aromatic nitrogens is 1. The largest absolute Gasteiger partial charge is 0.465 e. The van der Waals surface area contributed by atoms with Crippen molar-refractivity contribution >= 4 is 34.9 Å². The summed E-state index contributed by atoms with van der Waals surface area (Å²) >= 11 is 0. The molecule has 3 heterocycles. The topological polar surface area (TPSA) is 124 Å². The molecule has 250 valence electrons. The molecule has 0 aliphatic carbocycles. The van der Waals surface area contributed by atoms with Gasteiger partial charge in [-0.3, -0.25) is 9.69 Å². The summed E-state index contributed by atoms with van der Waals surface area (Å²) in [7, 11) is 1.42. The van der Waals surface area contributed by atoms with E-state index in [2.05, 4.69) is 75.8 Å². The number of benzene rings is 3. The lowest BCUT2D eigenvalue weighted by Gasteiger charge is -2.33. The molecule has 10 nitrogen and oxygen atoms in total. The van der Waals surface area contributed by atoms with Crippen molar-refractivity contribution < 1.29 is 19.4 Å². The van der Waals surface area contributed by atoms with Gasteiger partial charge in [-0.05, 0) is 84.0 Å². The predicted octanol–water partition coefficient (Wildman–Crippen LogP) is 6.82. The van der Waals surface area contributed by atoms with E-state index in [1.165, 1.54) is 12.6 Å². The van der Waals surface area contributed by atoms with Gasteiger partial charge in [0.2, 0.25) is 5.91 Å². The number of anilines is 4. The molecule has 4 aromatic rings. The predicted molar refractivity (Wildman–Crippen MR) is 190 cm³/mol. The van der Waals surface area contributed by atoms with Gasteiger partial charge in [0.1, 0.15) is 11.9 Å². The van der Waals surface area contributed by atoms with Gasteiger partial charge in [-0.2, -0.15) is 0 Å². The first kappa shape index (κ1) is 32.8. The molecule has 10 heteroatoms. The first-order valence-corrected chi connectivity index (χ1v) is 16.6. The molecule has 3 atom stereocenters. The number of carbonyl (C=O) groups is 2. The van der Waals surface area contributed by atoms with Gasteiger partial charge in [0.15, 0.2) is 0 Å². The molecule has 2 fully saturated rings. The van der Waals surface area contributed by atoms with Gasteiger partial charge < -0.3 is 30.7 Å². The van der Waals surface area contributed by atoms with Crippen molar-refractivity contribution in [3.63, 3.8) is 0 Å². The van der Waals surface area contributed by atoms with Crippen molar-refractivity contribution in [3.8, 4) is 11.1 Å². The van der Waals surface area contributed by atoms with Crippen molar-refractivity contribution in [3.05, 3.63) is 102 Å². The zero-order valence-corrected chi connectivity index (χ0v) is 27.8. The lowest BCUT2D eigenvalue weighted by Crippen LogP contribution is -2.47. The van der Waals surface area contributed by atoms with E-state index in [0.717, 1.165) is 77.9 Å². The van der Waals surface area contributed by atoms with Crippen LogP contribution < -0.4 is 20.9 Å². The summed E-state index contributed by atoms with van der Waals surface area (Å²) in [5, 5.41) is 12.4. The first-order valence-electron chi connectivity index (χ1n) is 16.6. The van der Waals surface area contributed by atoms with Crippen LogP contribution in [0.3, 0.4) is 0 Å². The monoisotopic (exact) mass is 648 g/mol. The fraction of sp³-hybridized carbons (Fsp3) is 0.342. The van der Waals surface area contributed by atoms with E-state index in [4.69, 9.17) is 15.5 Å². The molecule has 2 unspecified atom stereocenters. The minimum Gasteiger partial charge on any atom is -0.465 e. The van der Waals surface area contributed by atoms with Crippen LogP contribution in [0.2, 0.25) is 0 Å². The van der Waals surface area contributed by atoms with Crippen LogP contribution >= 0.6 is 0 Å². The van der Waals surface area contributed by atoms with E-state index in [0.29, 0.717) is 5.69 Å². The fourth-order valence-electron chi connectivity index (χ4n) is 6.96. The quantitative estimate of drug-likeness (QED) is 0.169. The van der Waals surface area contributed by atoms with Gasteiger partial charge >= 0.3 is 6.09 Å². The normalized spacial score (nSPS) is 18.5. The third-order valence-corrected chi connectivity index (χ3v) is 9.47. The smallest absolute Gasteiger partial charge is 0.407 e. The summed E-state index contributed by atoms with van der Waals surface area (Å²) in [6, 6.07) is 28.4. The molecule has 6 rings (SSSR count). The van der Waals surface area contributed by atoms with E-state index in [9.17, 15) is 14.7 Å². The average molecular weight is 649 g/mol. The number of nitrogens with zero attached hydrogens (tertiary/aromatic N) is 4. The number of pyridine rings is 1.